The number of benzene rings is 1. The Morgan fingerprint density at radius 2 is 2.19 bits per heavy atom. The van der Waals surface area contributed by atoms with Crippen LogP contribution in [-0.2, 0) is 9.53 Å². The molecule has 0 aromatic heterocycles. The first kappa shape index (κ1) is 13.1. The summed E-state index contributed by atoms with van der Waals surface area (Å²) in [5.74, 6) is -0.321. The molecule has 16 heavy (non-hydrogen) atoms. The molecule has 0 fully saturated rings. The zero-order valence-corrected chi connectivity index (χ0v) is 10.6. The Labute approximate surface area is 105 Å². The van der Waals surface area contributed by atoms with Crippen molar-refractivity contribution in [3.63, 3.8) is 0 Å². The Balaban J connectivity index is 2.85. The maximum Gasteiger partial charge on any atom is 0.328 e. The number of carbonyl (C=O) groups excluding carboxylic acids is 1. The van der Waals surface area contributed by atoms with Crippen LogP contribution in [0.5, 0.6) is 0 Å². The number of esters is 1. The smallest absolute Gasteiger partial charge is 0.328 e. The van der Waals surface area contributed by atoms with Gasteiger partial charge in [-0.1, -0.05) is 30.1 Å². The number of hydrogen-bond donors (Lipinski definition) is 1. The second-order valence-corrected chi connectivity index (χ2v) is 4.10. The van der Waals surface area contributed by atoms with Gasteiger partial charge in [0.2, 0.25) is 0 Å². The van der Waals surface area contributed by atoms with Gasteiger partial charge in [-0.15, -0.1) is 0 Å². The van der Waals surface area contributed by atoms with Crippen LogP contribution in [0.25, 0.3) is 0 Å². The van der Waals surface area contributed by atoms with Gasteiger partial charge in [0, 0.05) is 5.02 Å². The highest BCUT2D eigenvalue weighted by Crippen LogP contribution is 2.26. The zero-order valence-electron chi connectivity index (χ0n) is 9.09. The molecule has 0 aliphatic carbocycles. The average molecular weight is 262 g/mol. The van der Waals surface area contributed by atoms with Crippen molar-refractivity contribution in [2.75, 3.05) is 12.4 Å². The summed E-state index contributed by atoms with van der Waals surface area (Å²) in [6, 6.07) is 4.63. The van der Waals surface area contributed by atoms with Gasteiger partial charge in [0.05, 0.1) is 17.8 Å². The first-order chi connectivity index (χ1) is 7.58. The topological polar surface area (TPSA) is 38.3 Å². The molecule has 0 bridgehead atoms. The number of rotatable bonds is 4. The van der Waals surface area contributed by atoms with Crippen LogP contribution in [0.15, 0.2) is 18.2 Å². The van der Waals surface area contributed by atoms with E-state index in [0.717, 1.165) is 0 Å². The molecule has 5 heteroatoms. The fourth-order valence-electron chi connectivity index (χ4n) is 1.27. The van der Waals surface area contributed by atoms with Crippen molar-refractivity contribution in [1.82, 2.24) is 0 Å². The van der Waals surface area contributed by atoms with Crippen LogP contribution in [0.1, 0.15) is 13.3 Å². The average Bonchev–Trinajstić information content (AvgIpc) is 2.29. The van der Waals surface area contributed by atoms with Crippen molar-refractivity contribution in [3.05, 3.63) is 28.2 Å². The van der Waals surface area contributed by atoms with Crippen LogP contribution in [0.3, 0.4) is 0 Å². The molecule has 0 aliphatic rings. The molecule has 1 unspecified atom stereocenters. The molecule has 0 saturated heterocycles. The first-order valence-corrected chi connectivity index (χ1v) is 5.63. The van der Waals surface area contributed by atoms with Gasteiger partial charge < -0.3 is 10.1 Å². The second kappa shape index (κ2) is 5.97. The molecule has 88 valence electrons. The highest BCUT2D eigenvalue weighted by atomic mass is 35.5. The second-order valence-electron chi connectivity index (χ2n) is 3.25. The largest absolute Gasteiger partial charge is 0.467 e. The molecule has 0 heterocycles. The summed E-state index contributed by atoms with van der Waals surface area (Å²) in [5.41, 5.74) is 0.631. The van der Waals surface area contributed by atoms with E-state index in [1.807, 2.05) is 6.92 Å². The number of halogens is 2. The maximum atomic E-state index is 11.4. The minimum Gasteiger partial charge on any atom is -0.467 e. The fourth-order valence-corrected chi connectivity index (χ4v) is 1.61. The number of ether oxygens (including phenoxy) is 1. The van der Waals surface area contributed by atoms with E-state index in [-0.39, 0.29) is 5.97 Å². The standard InChI is InChI=1S/C11H13Cl2NO2/c1-3-9(11(15)16-2)14-10-6-7(12)4-5-8(10)13/h4-6,9,14H,3H2,1-2H3. The lowest BCUT2D eigenvalue weighted by molar-refractivity contribution is -0.141. The molecule has 1 aromatic carbocycles. The van der Waals surface area contributed by atoms with Crippen LogP contribution in [0.2, 0.25) is 10.0 Å². The number of hydrogen-bond acceptors (Lipinski definition) is 3. The molecule has 0 radical (unpaired) electrons. The highest BCUT2D eigenvalue weighted by molar-refractivity contribution is 6.35. The quantitative estimate of drug-likeness (QED) is 0.845. The minimum absolute atomic E-state index is 0.321. The lowest BCUT2D eigenvalue weighted by Crippen LogP contribution is -2.29. The zero-order chi connectivity index (χ0) is 12.1. The van der Waals surface area contributed by atoms with Gasteiger partial charge in [-0.3, -0.25) is 0 Å². The van der Waals surface area contributed by atoms with Crippen LogP contribution < -0.4 is 5.32 Å². The Bertz CT molecular complexity index is 382. The third-order valence-corrected chi connectivity index (χ3v) is 2.72. The van der Waals surface area contributed by atoms with Crippen LogP contribution in [0.4, 0.5) is 5.69 Å². The first-order valence-electron chi connectivity index (χ1n) is 4.88. The number of carbonyl (C=O) groups is 1. The Morgan fingerprint density at radius 1 is 1.50 bits per heavy atom. The minimum atomic E-state index is -0.416. The van der Waals surface area contributed by atoms with Crippen molar-refractivity contribution in [3.8, 4) is 0 Å². The molecule has 0 amide bonds. The summed E-state index contributed by atoms with van der Waals surface area (Å²) in [7, 11) is 1.35. The van der Waals surface area contributed by atoms with E-state index in [4.69, 9.17) is 23.2 Å². The van der Waals surface area contributed by atoms with Crippen molar-refractivity contribution < 1.29 is 9.53 Å². The molecule has 3 nitrogen and oxygen atoms in total. The molecule has 1 N–H and O–H groups in total. The van der Waals surface area contributed by atoms with Gasteiger partial charge >= 0.3 is 5.97 Å². The summed E-state index contributed by atoms with van der Waals surface area (Å²) >= 11 is 11.8. The van der Waals surface area contributed by atoms with E-state index in [9.17, 15) is 4.79 Å². The maximum absolute atomic E-state index is 11.4. The monoisotopic (exact) mass is 261 g/mol. The van der Waals surface area contributed by atoms with Gasteiger partial charge in [-0.25, -0.2) is 4.79 Å². The predicted molar refractivity (Wildman–Crippen MR) is 66.2 cm³/mol. The van der Waals surface area contributed by atoms with Gasteiger partial charge in [-0.05, 0) is 24.6 Å². The molecule has 0 spiro atoms. The van der Waals surface area contributed by atoms with E-state index in [0.29, 0.717) is 22.2 Å². The number of anilines is 1. The van der Waals surface area contributed by atoms with Crippen molar-refractivity contribution in [1.29, 1.82) is 0 Å². The van der Waals surface area contributed by atoms with Crippen LogP contribution in [-0.4, -0.2) is 19.1 Å². The van der Waals surface area contributed by atoms with Crippen molar-refractivity contribution in [2.45, 2.75) is 19.4 Å². The Kier molecular flexibility index (Phi) is 4.90. The van der Waals surface area contributed by atoms with Gasteiger partial charge in [0.15, 0.2) is 0 Å². The molecular weight excluding hydrogens is 249 g/mol. The summed E-state index contributed by atoms with van der Waals surface area (Å²) < 4.78 is 4.67. The molecule has 1 aromatic rings. The molecule has 0 saturated carbocycles. The van der Waals surface area contributed by atoms with Gasteiger partial charge in [0.25, 0.3) is 0 Å². The Morgan fingerprint density at radius 3 is 2.75 bits per heavy atom. The van der Waals surface area contributed by atoms with E-state index >= 15 is 0 Å². The van der Waals surface area contributed by atoms with Gasteiger partial charge in [0.1, 0.15) is 6.04 Å². The normalized spacial score (nSPS) is 12.0. The summed E-state index contributed by atoms with van der Waals surface area (Å²) in [6.07, 6.45) is 0.607. The number of nitrogens with one attached hydrogen (secondary N) is 1. The molecule has 0 aliphatic heterocycles. The summed E-state index contributed by atoms with van der Waals surface area (Å²) in [4.78, 5) is 11.4. The van der Waals surface area contributed by atoms with E-state index in [2.05, 4.69) is 10.1 Å². The highest BCUT2D eigenvalue weighted by Gasteiger charge is 2.17. The van der Waals surface area contributed by atoms with E-state index < -0.39 is 6.04 Å². The predicted octanol–water partition coefficient (Wildman–Crippen LogP) is 3.36. The Hall–Kier alpha value is -0.930. The van der Waals surface area contributed by atoms with Crippen molar-refractivity contribution in [2.24, 2.45) is 0 Å². The third kappa shape index (κ3) is 3.29. The summed E-state index contributed by atoms with van der Waals surface area (Å²) in [6.45, 7) is 1.88. The van der Waals surface area contributed by atoms with E-state index in [1.54, 1.807) is 18.2 Å². The van der Waals surface area contributed by atoms with Gasteiger partial charge in [-0.2, -0.15) is 0 Å². The van der Waals surface area contributed by atoms with Crippen molar-refractivity contribution >= 4 is 34.9 Å². The van der Waals surface area contributed by atoms with Crippen LogP contribution >= 0.6 is 23.2 Å². The third-order valence-electron chi connectivity index (χ3n) is 2.15. The summed E-state index contributed by atoms with van der Waals surface area (Å²) in [5, 5.41) is 4.08. The fraction of sp³-hybridized carbons (Fsp3) is 0.364. The molecular formula is C11H13Cl2NO2. The van der Waals surface area contributed by atoms with E-state index in [1.165, 1.54) is 7.11 Å². The molecule has 1 atom stereocenters. The lowest BCUT2D eigenvalue weighted by atomic mass is 10.2. The molecule has 1 rings (SSSR count). The van der Waals surface area contributed by atoms with Crippen LogP contribution in [0, 0.1) is 0 Å². The number of methoxy groups -OCH3 is 1. The SMILES string of the molecule is CCC(Nc1cc(Cl)ccc1Cl)C(=O)OC. The lowest BCUT2D eigenvalue weighted by Gasteiger charge is -2.16.